The molecule has 4 heteroatoms. The van der Waals surface area contributed by atoms with Gasteiger partial charge in [-0.25, -0.2) is 0 Å². The summed E-state index contributed by atoms with van der Waals surface area (Å²) in [6.45, 7) is 9.86. The van der Waals surface area contributed by atoms with Crippen molar-refractivity contribution < 1.29 is 9.59 Å². The van der Waals surface area contributed by atoms with E-state index in [0.29, 0.717) is 22.7 Å². The second-order valence-electron chi connectivity index (χ2n) is 7.10. The van der Waals surface area contributed by atoms with Crippen molar-refractivity contribution >= 4 is 17.5 Å². The molecule has 0 saturated heterocycles. The van der Waals surface area contributed by atoms with E-state index < -0.39 is 0 Å². The summed E-state index contributed by atoms with van der Waals surface area (Å²) in [5.41, 5.74) is 3.04. The number of amides is 2. The van der Waals surface area contributed by atoms with Crippen LogP contribution >= 0.6 is 0 Å². The van der Waals surface area contributed by atoms with E-state index in [-0.39, 0.29) is 11.8 Å². The van der Waals surface area contributed by atoms with Crippen LogP contribution in [0.5, 0.6) is 0 Å². The highest BCUT2D eigenvalue weighted by Gasteiger charge is 2.15. The summed E-state index contributed by atoms with van der Waals surface area (Å²) in [7, 11) is 0. The third-order valence-corrected chi connectivity index (χ3v) is 4.48. The molecule has 0 spiro atoms. The molecule has 0 aromatic heterocycles. The molecule has 0 atom stereocenters. The van der Waals surface area contributed by atoms with Crippen molar-refractivity contribution in [2.24, 2.45) is 0 Å². The molecular formula is C23H30N2O2. The van der Waals surface area contributed by atoms with Crippen LogP contribution in [0.15, 0.2) is 48.5 Å². The summed E-state index contributed by atoms with van der Waals surface area (Å²) in [5.74, 6) is 0.268. The Morgan fingerprint density at radius 2 is 1.56 bits per heavy atom. The molecule has 0 aliphatic heterocycles. The van der Waals surface area contributed by atoms with Crippen LogP contribution in [-0.2, 0) is 0 Å². The minimum Gasteiger partial charge on any atom is -0.339 e. The lowest BCUT2D eigenvalue weighted by atomic mass is 10.0. The lowest BCUT2D eigenvalue weighted by Gasteiger charge is -2.21. The average molecular weight is 367 g/mol. The van der Waals surface area contributed by atoms with Crippen LogP contribution in [0.25, 0.3) is 0 Å². The molecule has 2 amide bonds. The van der Waals surface area contributed by atoms with Gasteiger partial charge in [-0.05, 0) is 54.7 Å². The fourth-order valence-corrected chi connectivity index (χ4v) is 2.99. The molecule has 2 rings (SSSR count). The second-order valence-corrected chi connectivity index (χ2v) is 7.10. The van der Waals surface area contributed by atoms with Crippen molar-refractivity contribution in [3.63, 3.8) is 0 Å². The third kappa shape index (κ3) is 5.68. The maximum absolute atomic E-state index is 12.7. The van der Waals surface area contributed by atoms with Crippen LogP contribution in [0, 0.1) is 0 Å². The number of hydrogen-bond donors (Lipinski definition) is 1. The number of nitrogens with one attached hydrogen (secondary N) is 1. The van der Waals surface area contributed by atoms with Gasteiger partial charge in [0.2, 0.25) is 0 Å². The normalized spacial score (nSPS) is 10.7. The molecule has 0 bridgehead atoms. The Morgan fingerprint density at radius 3 is 2.11 bits per heavy atom. The maximum Gasteiger partial charge on any atom is 0.255 e. The minimum absolute atomic E-state index is 0.0103. The fourth-order valence-electron chi connectivity index (χ4n) is 2.99. The van der Waals surface area contributed by atoms with Crippen LogP contribution in [0.4, 0.5) is 5.69 Å². The molecule has 0 fully saturated rings. The Morgan fingerprint density at radius 1 is 0.926 bits per heavy atom. The van der Waals surface area contributed by atoms with Crippen molar-refractivity contribution in [3.05, 3.63) is 65.2 Å². The molecular weight excluding hydrogens is 336 g/mol. The summed E-state index contributed by atoms with van der Waals surface area (Å²) in [5, 5.41) is 2.90. The Balaban J connectivity index is 2.12. The molecule has 0 heterocycles. The monoisotopic (exact) mass is 366 g/mol. The Bertz CT molecular complexity index is 760. The van der Waals surface area contributed by atoms with Gasteiger partial charge in [0.05, 0.1) is 0 Å². The van der Waals surface area contributed by atoms with Gasteiger partial charge < -0.3 is 10.2 Å². The van der Waals surface area contributed by atoms with E-state index >= 15 is 0 Å². The highest BCUT2D eigenvalue weighted by atomic mass is 16.2. The standard InChI is InChI=1S/C23H30N2O2/c1-5-14-25(15-6-2)23(27)20-8-7-9-21(16-20)24-22(26)19-12-10-18(11-13-19)17(3)4/h7-13,16-17H,5-6,14-15H2,1-4H3,(H,24,26). The van der Waals surface area contributed by atoms with E-state index in [1.165, 1.54) is 5.56 Å². The molecule has 144 valence electrons. The summed E-state index contributed by atoms with van der Waals surface area (Å²) < 4.78 is 0. The summed E-state index contributed by atoms with van der Waals surface area (Å²) in [6.07, 6.45) is 1.85. The number of anilines is 1. The summed E-state index contributed by atoms with van der Waals surface area (Å²) >= 11 is 0. The first kappa shape index (κ1) is 20.7. The quantitative estimate of drug-likeness (QED) is 0.687. The van der Waals surface area contributed by atoms with Gasteiger partial charge in [0.1, 0.15) is 0 Å². The molecule has 1 N–H and O–H groups in total. The van der Waals surface area contributed by atoms with Gasteiger partial charge in [0.15, 0.2) is 0 Å². The lowest BCUT2D eigenvalue weighted by Crippen LogP contribution is -2.32. The molecule has 2 aromatic rings. The van der Waals surface area contributed by atoms with Gasteiger partial charge in [-0.1, -0.05) is 45.9 Å². The van der Waals surface area contributed by atoms with E-state index in [2.05, 4.69) is 33.0 Å². The van der Waals surface area contributed by atoms with Crippen LogP contribution < -0.4 is 5.32 Å². The van der Waals surface area contributed by atoms with Crippen LogP contribution in [0.2, 0.25) is 0 Å². The predicted octanol–water partition coefficient (Wildman–Crippen LogP) is 5.32. The van der Waals surface area contributed by atoms with Crippen molar-refractivity contribution in [1.29, 1.82) is 0 Å². The third-order valence-electron chi connectivity index (χ3n) is 4.48. The summed E-state index contributed by atoms with van der Waals surface area (Å²) in [6, 6.07) is 14.8. The zero-order chi connectivity index (χ0) is 19.8. The van der Waals surface area contributed by atoms with Gasteiger partial charge in [0, 0.05) is 29.9 Å². The zero-order valence-electron chi connectivity index (χ0n) is 16.8. The largest absolute Gasteiger partial charge is 0.339 e. The van der Waals surface area contributed by atoms with E-state index in [1.54, 1.807) is 24.3 Å². The molecule has 2 aromatic carbocycles. The van der Waals surface area contributed by atoms with E-state index in [0.717, 1.165) is 25.9 Å². The van der Waals surface area contributed by atoms with E-state index in [4.69, 9.17) is 0 Å². The highest BCUT2D eigenvalue weighted by molar-refractivity contribution is 6.05. The smallest absolute Gasteiger partial charge is 0.255 e. The Hall–Kier alpha value is -2.62. The molecule has 0 aliphatic carbocycles. The first-order valence-electron chi connectivity index (χ1n) is 9.76. The van der Waals surface area contributed by atoms with Crippen LogP contribution in [-0.4, -0.2) is 29.8 Å². The molecule has 0 radical (unpaired) electrons. The number of nitrogens with zero attached hydrogens (tertiary/aromatic N) is 1. The van der Waals surface area contributed by atoms with Crippen molar-refractivity contribution in [2.75, 3.05) is 18.4 Å². The topological polar surface area (TPSA) is 49.4 Å². The molecule has 0 aliphatic rings. The Labute approximate surface area is 162 Å². The van der Waals surface area contributed by atoms with Gasteiger partial charge in [0.25, 0.3) is 11.8 Å². The van der Waals surface area contributed by atoms with Gasteiger partial charge in [-0.15, -0.1) is 0 Å². The maximum atomic E-state index is 12.7. The zero-order valence-corrected chi connectivity index (χ0v) is 16.8. The van der Waals surface area contributed by atoms with Crippen molar-refractivity contribution in [2.45, 2.75) is 46.5 Å². The van der Waals surface area contributed by atoms with Crippen molar-refractivity contribution in [1.82, 2.24) is 4.90 Å². The van der Waals surface area contributed by atoms with Crippen LogP contribution in [0.1, 0.15) is 72.7 Å². The molecule has 0 unspecified atom stereocenters. The van der Waals surface area contributed by atoms with Gasteiger partial charge in [-0.3, -0.25) is 9.59 Å². The highest BCUT2D eigenvalue weighted by Crippen LogP contribution is 2.17. The molecule has 4 nitrogen and oxygen atoms in total. The molecule has 27 heavy (non-hydrogen) atoms. The van der Waals surface area contributed by atoms with Gasteiger partial charge in [-0.2, -0.15) is 0 Å². The predicted molar refractivity (Wildman–Crippen MR) is 111 cm³/mol. The second kappa shape index (κ2) is 9.91. The first-order chi connectivity index (χ1) is 13.0. The number of hydrogen-bond acceptors (Lipinski definition) is 2. The fraction of sp³-hybridized carbons (Fsp3) is 0.391. The number of carbonyl (C=O) groups excluding carboxylic acids is 2. The average Bonchev–Trinajstić information content (AvgIpc) is 2.67. The van der Waals surface area contributed by atoms with Crippen molar-refractivity contribution in [3.8, 4) is 0 Å². The molecule has 0 saturated carbocycles. The number of rotatable bonds is 8. The summed E-state index contributed by atoms with van der Waals surface area (Å²) in [4.78, 5) is 27.1. The first-order valence-corrected chi connectivity index (χ1v) is 9.76. The minimum atomic E-state index is -0.172. The number of benzene rings is 2. The van der Waals surface area contributed by atoms with Gasteiger partial charge >= 0.3 is 0 Å². The number of carbonyl (C=O) groups is 2. The SMILES string of the molecule is CCCN(CCC)C(=O)c1cccc(NC(=O)c2ccc(C(C)C)cc2)c1. The van der Waals surface area contributed by atoms with E-state index in [9.17, 15) is 9.59 Å². The lowest BCUT2D eigenvalue weighted by molar-refractivity contribution is 0.0755. The Kier molecular flexibility index (Phi) is 7.59. The van der Waals surface area contributed by atoms with Crippen LogP contribution in [0.3, 0.4) is 0 Å². The van der Waals surface area contributed by atoms with E-state index in [1.807, 2.05) is 29.2 Å².